The summed E-state index contributed by atoms with van der Waals surface area (Å²) in [6, 6.07) is 9.56. The number of hydrogen-bond acceptors (Lipinski definition) is 5. The molecule has 1 aromatic carbocycles. The summed E-state index contributed by atoms with van der Waals surface area (Å²) in [5.74, 6) is 1.32. The first-order valence-corrected chi connectivity index (χ1v) is 8.69. The van der Waals surface area contributed by atoms with Crippen LogP contribution in [0.5, 0.6) is 0 Å². The SMILES string of the molecule is CN1CCN(c2cc(NC(=O)Cc3ccc(Br)cc3)ncn2)CC1. The van der Waals surface area contributed by atoms with Crippen LogP contribution >= 0.6 is 15.9 Å². The largest absolute Gasteiger partial charge is 0.354 e. The molecule has 0 atom stereocenters. The Morgan fingerprint density at radius 1 is 1.17 bits per heavy atom. The number of carbonyl (C=O) groups is 1. The molecule has 2 aromatic rings. The number of likely N-dealkylation sites (N-methyl/N-ethyl adjacent to an activating group) is 1. The number of amides is 1. The molecule has 0 unspecified atom stereocenters. The average Bonchev–Trinajstić information content (AvgIpc) is 2.58. The number of rotatable bonds is 4. The maximum atomic E-state index is 12.2. The van der Waals surface area contributed by atoms with Crippen molar-refractivity contribution in [2.75, 3.05) is 43.4 Å². The van der Waals surface area contributed by atoms with Gasteiger partial charge in [-0.15, -0.1) is 0 Å². The van der Waals surface area contributed by atoms with Crippen LogP contribution in [-0.4, -0.2) is 54.0 Å². The predicted octanol–water partition coefficient (Wildman–Crippen LogP) is 2.17. The molecule has 1 fully saturated rings. The maximum absolute atomic E-state index is 12.2. The topological polar surface area (TPSA) is 61.4 Å². The lowest BCUT2D eigenvalue weighted by Crippen LogP contribution is -2.44. The lowest BCUT2D eigenvalue weighted by atomic mass is 10.1. The smallest absolute Gasteiger partial charge is 0.229 e. The van der Waals surface area contributed by atoms with E-state index in [-0.39, 0.29) is 5.91 Å². The highest BCUT2D eigenvalue weighted by molar-refractivity contribution is 9.10. The molecule has 1 N–H and O–H groups in total. The van der Waals surface area contributed by atoms with Gasteiger partial charge in [-0.2, -0.15) is 0 Å². The highest BCUT2D eigenvalue weighted by Crippen LogP contribution is 2.16. The molecule has 3 rings (SSSR count). The number of nitrogens with one attached hydrogen (secondary N) is 1. The molecule has 24 heavy (non-hydrogen) atoms. The molecule has 1 aromatic heterocycles. The van der Waals surface area contributed by atoms with Crippen molar-refractivity contribution in [2.45, 2.75) is 6.42 Å². The molecule has 126 valence electrons. The van der Waals surface area contributed by atoms with Crippen LogP contribution in [0.3, 0.4) is 0 Å². The number of nitrogens with zero attached hydrogens (tertiary/aromatic N) is 4. The Morgan fingerprint density at radius 3 is 2.58 bits per heavy atom. The molecular formula is C17H20BrN5O. The second-order valence-corrected chi connectivity index (χ2v) is 6.82. The van der Waals surface area contributed by atoms with Gasteiger partial charge >= 0.3 is 0 Å². The van der Waals surface area contributed by atoms with Crippen molar-refractivity contribution in [1.29, 1.82) is 0 Å². The quantitative estimate of drug-likeness (QED) is 0.867. The number of aromatic nitrogens is 2. The molecule has 1 aliphatic rings. The Bertz CT molecular complexity index is 698. The van der Waals surface area contributed by atoms with E-state index in [4.69, 9.17) is 0 Å². The van der Waals surface area contributed by atoms with E-state index in [1.807, 2.05) is 30.3 Å². The van der Waals surface area contributed by atoms with E-state index in [1.54, 1.807) is 0 Å². The van der Waals surface area contributed by atoms with Crippen LogP contribution in [0.1, 0.15) is 5.56 Å². The van der Waals surface area contributed by atoms with Gasteiger partial charge in [-0.1, -0.05) is 28.1 Å². The highest BCUT2D eigenvalue weighted by atomic mass is 79.9. The third kappa shape index (κ3) is 4.52. The summed E-state index contributed by atoms with van der Waals surface area (Å²) in [5.41, 5.74) is 0.962. The van der Waals surface area contributed by atoms with Crippen LogP contribution in [0.15, 0.2) is 41.1 Å². The zero-order valence-electron chi connectivity index (χ0n) is 13.6. The number of anilines is 2. The fraction of sp³-hybridized carbons (Fsp3) is 0.353. The number of halogens is 1. The first-order valence-electron chi connectivity index (χ1n) is 7.90. The number of hydrogen-bond donors (Lipinski definition) is 1. The molecular weight excluding hydrogens is 370 g/mol. The summed E-state index contributed by atoms with van der Waals surface area (Å²) in [7, 11) is 2.12. The van der Waals surface area contributed by atoms with E-state index in [1.165, 1.54) is 6.33 Å². The van der Waals surface area contributed by atoms with Crippen LogP contribution in [0.25, 0.3) is 0 Å². The van der Waals surface area contributed by atoms with Gasteiger partial charge in [-0.3, -0.25) is 4.79 Å². The summed E-state index contributed by atoms with van der Waals surface area (Å²) in [4.78, 5) is 25.2. The summed E-state index contributed by atoms with van der Waals surface area (Å²) in [6.45, 7) is 3.88. The van der Waals surface area contributed by atoms with Crippen molar-refractivity contribution in [3.05, 3.63) is 46.7 Å². The van der Waals surface area contributed by atoms with Gasteiger partial charge in [0.25, 0.3) is 0 Å². The Balaban J connectivity index is 1.61. The molecule has 1 aliphatic heterocycles. The Labute approximate surface area is 150 Å². The minimum absolute atomic E-state index is 0.0830. The molecule has 6 nitrogen and oxygen atoms in total. The van der Waals surface area contributed by atoms with Crippen molar-refractivity contribution in [2.24, 2.45) is 0 Å². The van der Waals surface area contributed by atoms with Crippen molar-refractivity contribution < 1.29 is 4.79 Å². The third-order valence-electron chi connectivity index (χ3n) is 4.03. The molecule has 1 saturated heterocycles. The maximum Gasteiger partial charge on any atom is 0.229 e. The van der Waals surface area contributed by atoms with Gasteiger partial charge in [0, 0.05) is 36.7 Å². The van der Waals surface area contributed by atoms with E-state index < -0.39 is 0 Å². The van der Waals surface area contributed by atoms with Crippen molar-refractivity contribution >= 4 is 33.5 Å². The van der Waals surface area contributed by atoms with Crippen molar-refractivity contribution in [1.82, 2.24) is 14.9 Å². The summed E-state index contributed by atoms with van der Waals surface area (Å²) in [6.07, 6.45) is 1.82. The van der Waals surface area contributed by atoms with E-state index in [2.05, 4.69) is 48.1 Å². The Morgan fingerprint density at radius 2 is 1.88 bits per heavy atom. The molecule has 1 amide bonds. The van der Waals surface area contributed by atoms with Gasteiger partial charge in [-0.25, -0.2) is 9.97 Å². The van der Waals surface area contributed by atoms with Crippen LogP contribution in [-0.2, 0) is 11.2 Å². The molecule has 7 heteroatoms. The van der Waals surface area contributed by atoms with Gasteiger partial charge in [-0.05, 0) is 24.7 Å². The normalized spacial score (nSPS) is 15.3. The van der Waals surface area contributed by atoms with Crippen LogP contribution in [0.4, 0.5) is 11.6 Å². The second kappa shape index (κ2) is 7.72. The fourth-order valence-corrected chi connectivity index (χ4v) is 2.86. The summed E-state index contributed by atoms with van der Waals surface area (Å²) < 4.78 is 0.999. The first-order chi connectivity index (χ1) is 11.6. The third-order valence-corrected chi connectivity index (χ3v) is 4.55. The average molecular weight is 390 g/mol. The summed E-state index contributed by atoms with van der Waals surface area (Å²) in [5, 5.41) is 2.85. The Hall–Kier alpha value is -1.99. The predicted molar refractivity (Wildman–Crippen MR) is 98.2 cm³/mol. The number of carbonyl (C=O) groups excluding carboxylic acids is 1. The second-order valence-electron chi connectivity index (χ2n) is 5.90. The van der Waals surface area contributed by atoms with Crippen molar-refractivity contribution in [3.63, 3.8) is 0 Å². The molecule has 0 spiro atoms. The molecule has 0 radical (unpaired) electrons. The monoisotopic (exact) mass is 389 g/mol. The fourth-order valence-electron chi connectivity index (χ4n) is 2.60. The van der Waals surface area contributed by atoms with Gasteiger partial charge in [0.2, 0.25) is 5.91 Å². The molecule has 0 aliphatic carbocycles. The first kappa shape index (κ1) is 16.9. The van der Waals surface area contributed by atoms with Gasteiger partial charge in [0.05, 0.1) is 6.42 Å². The zero-order chi connectivity index (χ0) is 16.9. The van der Waals surface area contributed by atoms with E-state index in [0.29, 0.717) is 12.2 Å². The zero-order valence-corrected chi connectivity index (χ0v) is 15.2. The van der Waals surface area contributed by atoms with Gasteiger partial charge in [0.1, 0.15) is 18.0 Å². The van der Waals surface area contributed by atoms with Crippen LogP contribution in [0.2, 0.25) is 0 Å². The van der Waals surface area contributed by atoms with Crippen LogP contribution in [0, 0.1) is 0 Å². The molecule has 0 saturated carbocycles. The van der Waals surface area contributed by atoms with Crippen molar-refractivity contribution in [3.8, 4) is 0 Å². The summed E-state index contributed by atoms with van der Waals surface area (Å²) >= 11 is 3.39. The van der Waals surface area contributed by atoms with Gasteiger partial charge in [0.15, 0.2) is 0 Å². The van der Waals surface area contributed by atoms with E-state index >= 15 is 0 Å². The highest BCUT2D eigenvalue weighted by Gasteiger charge is 2.16. The minimum Gasteiger partial charge on any atom is -0.354 e. The standard InChI is InChI=1S/C17H20BrN5O/c1-22-6-8-23(9-7-22)16-11-15(19-12-20-16)21-17(24)10-13-2-4-14(18)5-3-13/h2-5,11-12H,6-10H2,1H3,(H,19,20,21,24). The number of benzene rings is 1. The van der Waals surface area contributed by atoms with E-state index in [9.17, 15) is 4.79 Å². The van der Waals surface area contributed by atoms with E-state index in [0.717, 1.165) is 42.0 Å². The lowest BCUT2D eigenvalue weighted by Gasteiger charge is -2.33. The van der Waals surface area contributed by atoms with Crippen LogP contribution < -0.4 is 10.2 Å². The Kier molecular flexibility index (Phi) is 5.42. The lowest BCUT2D eigenvalue weighted by molar-refractivity contribution is -0.115. The number of piperazine rings is 1. The molecule has 2 heterocycles. The molecule has 0 bridgehead atoms. The minimum atomic E-state index is -0.0830. The van der Waals surface area contributed by atoms with Gasteiger partial charge < -0.3 is 15.1 Å².